The maximum Gasteiger partial charge on any atom is 0.305 e. The van der Waals surface area contributed by atoms with Gasteiger partial charge in [0.1, 0.15) is 0 Å². The highest BCUT2D eigenvalue weighted by atomic mass is 16.5. The Balaban J connectivity index is 2.00. The highest BCUT2D eigenvalue weighted by Crippen LogP contribution is 2.20. The molecule has 0 saturated carbocycles. The van der Waals surface area contributed by atoms with Crippen molar-refractivity contribution >= 4 is 23.3 Å². The number of amides is 1. The molecular weight excluding hydrogens is 246 g/mol. The van der Waals surface area contributed by atoms with Gasteiger partial charge < -0.3 is 9.64 Å². The second-order valence-electron chi connectivity index (χ2n) is 4.44. The Bertz CT molecular complexity index is 507. The summed E-state index contributed by atoms with van der Waals surface area (Å²) in [5.74, 6) is -0.462. The fraction of sp³-hybridized carbons (Fsp3) is 0.357. The minimum Gasteiger partial charge on any atom is -0.469 e. The molecule has 0 radical (unpaired) electrons. The van der Waals surface area contributed by atoms with Crippen molar-refractivity contribution in [3.63, 3.8) is 0 Å². The van der Waals surface area contributed by atoms with Gasteiger partial charge in [0, 0.05) is 12.1 Å². The molecule has 5 heteroatoms. The molecule has 1 saturated heterocycles. The first-order chi connectivity index (χ1) is 9.10. The molecule has 0 bridgehead atoms. The molecule has 19 heavy (non-hydrogen) atoms. The van der Waals surface area contributed by atoms with E-state index in [1.54, 1.807) is 12.1 Å². The number of ketones is 1. The van der Waals surface area contributed by atoms with Gasteiger partial charge in [-0.1, -0.05) is 12.1 Å². The van der Waals surface area contributed by atoms with E-state index in [-0.39, 0.29) is 30.6 Å². The van der Waals surface area contributed by atoms with Gasteiger partial charge in [-0.25, -0.2) is 0 Å². The third kappa shape index (κ3) is 3.19. The Labute approximate surface area is 111 Å². The second-order valence-corrected chi connectivity index (χ2v) is 4.44. The average molecular weight is 261 g/mol. The Morgan fingerprint density at radius 3 is 2.47 bits per heavy atom. The predicted octanol–water partition coefficient (Wildman–Crippen LogP) is 1.10. The number of carbonyl (C=O) groups is 3. The lowest BCUT2D eigenvalue weighted by atomic mass is 10.1. The molecule has 5 nitrogen and oxygen atoms in total. The summed E-state index contributed by atoms with van der Waals surface area (Å²) in [4.78, 5) is 35.3. The van der Waals surface area contributed by atoms with E-state index < -0.39 is 0 Å². The molecule has 0 aromatic heterocycles. The third-order valence-electron chi connectivity index (χ3n) is 3.08. The van der Waals surface area contributed by atoms with Gasteiger partial charge in [-0.05, 0) is 24.1 Å². The number of benzene rings is 1. The van der Waals surface area contributed by atoms with Gasteiger partial charge in [0.25, 0.3) is 0 Å². The number of anilines is 1. The van der Waals surface area contributed by atoms with Gasteiger partial charge in [0.2, 0.25) is 5.91 Å². The summed E-state index contributed by atoms with van der Waals surface area (Å²) in [6.45, 7) is 0.153. The number of ether oxygens (including phenoxy) is 1. The van der Waals surface area contributed by atoms with Crippen LogP contribution in [0.1, 0.15) is 18.4 Å². The van der Waals surface area contributed by atoms with Crippen molar-refractivity contribution < 1.29 is 19.1 Å². The van der Waals surface area contributed by atoms with Crippen LogP contribution in [0.4, 0.5) is 5.69 Å². The number of nitrogens with zero attached hydrogens (tertiary/aromatic N) is 1. The van der Waals surface area contributed by atoms with Crippen LogP contribution in [0.15, 0.2) is 24.3 Å². The van der Waals surface area contributed by atoms with Crippen LogP contribution in [-0.2, 0) is 25.5 Å². The van der Waals surface area contributed by atoms with Gasteiger partial charge >= 0.3 is 5.97 Å². The minimum absolute atomic E-state index is 0.00983. The van der Waals surface area contributed by atoms with Crippen molar-refractivity contribution in [3.8, 4) is 0 Å². The van der Waals surface area contributed by atoms with E-state index in [1.165, 1.54) is 12.0 Å². The predicted molar refractivity (Wildman–Crippen MR) is 68.8 cm³/mol. The number of rotatable bonds is 4. The molecule has 0 aliphatic carbocycles. The summed E-state index contributed by atoms with van der Waals surface area (Å²) in [5, 5.41) is 0. The SMILES string of the molecule is COC(=O)CCc1ccc(N2CC(=O)CC2=O)cc1. The maximum absolute atomic E-state index is 11.6. The van der Waals surface area contributed by atoms with E-state index in [0.29, 0.717) is 12.8 Å². The van der Waals surface area contributed by atoms with Crippen LogP contribution >= 0.6 is 0 Å². The summed E-state index contributed by atoms with van der Waals surface area (Å²) < 4.78 is 4.57. The van der Waals surface area contributed by atoms with Crippen LogP contribution in [0.25, 0.3) is 0 Å². The van der Waals surface area contributed by atoms with E-state index in [1.807, 2.05) is 12.1 Å². The molecule has 1 aromatic carbocycles. The van der Waals surface area contributed by atoms with E-state index in [9.17, 15) is 14.4 Å². The number of methoxy groups -OCH3 is 1. The van der Waals surface area contributed by atoms with Crippen LogP contribution in [-0.4, -0.2) is 31.3 Å². The molecule has 1 heterocycles. The van der Waals surface area contributed by atoms with Gasteiger partial charge in [-0.2, -0.15) is 0 Å². The van der Waals surface area contributed by atoms with Crippen molar-refractivity contribution in [3.05, 3.63) is 29.8 Å². The molecule has 0 atom stereocenters. The first-order valence-electron chi connectivity index (χ1n) is 6.08. The number of aryl methyl sites for hydroxylation is 1. The molecule has 2 rings (SSSR count). The topological polar surface area (TPSA) is 63.7 Å². The van der Waals surface area contributed by atoms with E-state index >= 15 is 0 Å². The Morgan fingerprint density at radius 2 is 1.95 bits per heavy atom. The van der Waals surface area contributed by atoms with Gasteiger partial charge in [-0.3, -0.25) is 14.4 Å². The molecule has 1 aliphatic heterocycles. The van der Waals surface area contributed by atoms with Crippen LogP contribution < -0.4 is 4.90 Å². The number of esters is 1. The van der Waals surface area contributed by atoms with Crippen LogP contribution in [0.5, 0.6) is 0 Å². The minimum atomic E-state index is -0.246. The van der Waals surface area contributed by atoms with E-state index in [2.05, 4.69) is 4.74 Å². The normalized spacial score (nSPS) is 14.9. The monoisotopic (exact) mass is 261 g/mol. The lowest BCUT2D eigenvalue weighted by Crippen LogP contribution is -2.24. The molecule has 1 amide bonds. The van der Waals surface area contributed by atoms with Crippen molar-refractivity contribution in [2.45, 2.75) is 19.3 Å². The molecule has 1 fully saturated rings. The third-order valence-corrected chi connectivity index (χ3v) is 3.08. The zero-order valence-electron chi connectivity index (χ0n) is 10.7. The standard InChI is InChI=1S/C14H15NO4/c1-19-14(18)7-4-10-2-5-11(6-3-10)15-9-12(16)8-13(15)17/h2-3,5-6H,4,7-9H2,1H3. The highest BCUT2D eigenvalue weighted by Gasteiger charge is 2.28. The number of hydrogen-bond donors (Lipinski definition) is 0. The molecular formula is C14H15NO4. The summed E-state index contributed by atoms with van der Waals surface area (Å²) in [6, 6.07) is 7.30. The van der Waals surface area contributed by atoms with Crippen LogP contribution in [0, 0.1) is 0 Å². The Morgan fingerprint density at radius 1 is 1.26 bits per heavy atom. The largest absolute Gasteiger partial charge is 0.469 e. The lowest BCUT2D eigenvalue weighted by Gasteiger charge is -2.14. The molecule has 1 aromatic rings. The second kappa shape index (κ2) is 5.65. The lowest BCUT2D eigenvalue weighted by molar-refractivity contribution is -0.140. The first-order valence-corrected chi connectivity index (χ1v) is 6.08. The van der Waals surface area contributed by atoms with Crippen molar-refractivity contribution in [2.24, 2.45) is 0 Å². The smallest absolute Gasteiger partial charge is 0.305 e. The van der Waals surface area contributed by atoms with Gasteiger partial charge in [-0.15, -0.1) is 0 Å². The maximum atomic E-state index is 11.6. The van der Waals surface area contributed by atoms with Crippen molar-refractivity contribution in [1.29, 1.82) is 0 Å². The van der Waals surface area contributed by atoms with Crippen LogP contribution in [0.2, 0.25) is 0 Å². The molecule has 0 spiro atoms. The summed E-state index contributed by atoms with van der Waals surface area (Å²) in [7, 11) is 1.36. The molecule has 1 aliphatic rings. The van der Waals surface area contributed by atoms with E-state index in [0.717, 1.165) is 11.3 Å². The average Bonchev–Trinajstić information content (AvgIpc) is 2.75. The quantitative estimate of drug-likeness (QED) is 0.601. The van der Waals surface area contributed by atoms with Crippen molar-refractivity contribution in [1.82, 2.24) is 0 Å². The van der Waals surface area contributed by atoms with E-state index in [4.69, 9.17) is 0 Å². The van der Waals surface area contributed by atoms with Gasteiger partial charge in [0.05, 0.1) is 20.1 Å². The highest BCUT2D eigenvalue weighted by molar-refractivity contribution is 6.15. The summed E-state index contributed by atoms with van der Waals surface area (Å²) in [5.41, 5.74) is 1.71. The Kier molecular flexibility index (Phi) is 3.94. The summed E-state index contributed by atoms with van der Waals surface area (Å²) in [6.07, 6.45) is 0.918. The molecule has 0 N–H and O–H groups in total. The van der Waals surface area contributed by atoms with Crippen LogP contribution in [0.3, 0.4) is 0 Å². The Hall–Kier alpha value is -2.17. The fourth-order valence-electron chi connectivity index (χ4n) is 2.01. The zero-order chi connectivity index (χ0) is 13.8. The first kappa shape index (κ1) is 13.3. The molecule has 0 unspecified atom stereocenters. The summed E-state index contributed by atoms with van der Waals surface area (Å²) >= 11 is 0. The van der Waals surface area contributed by atoms with Gasteiger partial charge in [0.15, 0.2) is 5.78 Å². The number of Topliss-reactive ketones (excluding diaryl/α,β-unsaturated/α-hetero) is 1. The zero-order valence-corrected chi connectivity index (χ0v) is 10.7. The number of hydrogen-bond acceptors (Lipinski definition) is 4. The fourth-order valence-corrected chi connectivity index (χ4v) is 2.01. The molecule has 100 valence electrons. The van der Waals surface area contributed by atoms with Crippen molar-refractivity contribution in [2.75, 3.05) is 18.6 Å². The number of carbonyl (C=O) groups excluding carboxylic acids is 3.